The summed E-state index contributed by atoms with van der Waals surface area (Å²) in [7, 11) is 0. The minimum Gasteiger partial charge on any atom is -0.378 e. The second-order valence-corrected chi connectivity index (χ2v) is 4.20. The van der Waals surface area contributed by atoms with Crippen LogP contribution in [0.15, 0.2) is 28.7 Å². The quantitative estimate of drug-likeness (QED) is 0.686. The van der Waals surface area contributed by atoms with E-state index in [9.17, 15) is 5.11 Å². The van der Waals surface area contributed by atoms with Crippen LogP contribution < -0.4 is 0 Å². The van der Waals surface area contributed by atoms with E-state index >= 15 is 0 Å². The molecular weight excluding hydrogens is 228 g/mol. The number of aliphatic hydroxyl groups is 1. The summed E-state index contributed by atoms with van der Waals surface area (Å²) < 4.78 is 1.04. The van der Waals surface area contributed by atoms with Crippen LogP contribution in [0.3, 0.4) is 0 Å². The standard InChI is InChI=1S/C11H9BrO/c12-10-3-1-9(2-4-10)5-6-11(13)7-8-11/h1-4,13H,7-8H2. The maximum Gasteiger partial charge on any atom is 0.126 e. The molecule has 13 heavy (non-hydrogen) atoms. The number of rotatable bonds is 0. The molecule has 2 heteroatoms. The molecule has 0 atom stereocenters. The van der Waals surface area contributed by atoms with Crippen LogP contribution in [0.1, 0.15) is 18.4 Å². The van der Waals surface area contributed by atoms with Crippen LogP contribution in [0.4, 0.5) is 0 Å². The largest absolute Gasteiger partial charge is 0.378 e. The molecule has 0 saturated heterocycles. The fourth-order valence-corrected chi connectivity index (χ4v) is 1.23. The Hall–Kier alpha value is -0.780. The highest BCUT2D eigenvalue weighted by atomic mass is 79.9. The van der Waals surface area contributed by atoms with Gasteiger partial charge in [0.15, 0.2) is 0 Å². The van der Waals surface area contributed by atoms with E-state index in [4.69, 9.17) is 0 Å². The third kappa shape index (κ3) is 2.33. The summed E-state index contributed by atoms with van der Waals surface area (Å²) >= 11 is 3.35. The third-order valence-corrected chi connectivity index (χ3v) is 2.54. The molecule has 0 amide bonds. The van der Waals surface area contributed by atoms with E-state index in [0.29, 0.717) is 0 Å². The molecule has 0 unspecified atom stereocenters. The Balaban J connectivity index is 2.16. The predicted molar refractivity (Wildman–Crippen MR) is 55.2 cm³/mol. The molecule has 0 aromatic heterocycles. The van der Waals surface area contributed by atoms with Gasteiger partial charge in [0.2, 0.25) is 0 Å². The predicted octanol–water partition coefficient (Wildman–Crippen LogP) is 2.33. The van der Waals surface area contributed by atoms with Crippen molar-refractivity contribution in [2.75, 3.05) is 0 Å². The van der Waals surface area contributed by atoms with Crippen LogP contribution in [0, 0.1) is 11.8 Å². The van der Waals surface area contributed by atoms with Crippen molar-refractivity contribution in [2.24, 2.45) is 0 Å². The highest BCUT2D eigenvalue weighted by molar-refractivity contribution is 9.10. The van der Waals surface area contributed by atoms with Crippen molar-refractivity contribution < 1.29 is 5.11 Å². The maximum atomic E-state index is 9.46. The minimum absolute atomic E-state index is 0.674. The molecule has 0 bridgehead atoms. The molecule has 0 aliphatic heterocycles. The molecule has 1 aromatic rings. The van der Waals surface area contributed by atoms with Gasteiger partial charge in [-0.3, -0.25) is 0 Å². The van der Waals surface area contributed by atoms with E-state index in [-0.39, 0.29) is 0 Å². The summed E-state index contributed by atoms with van der Waals surface area (Å²) in [6, 6.07) is 7.76. The van der Waals surface area contributed by atoms with Crippen LogP contribution in [0.2, 0.25) is 0 Å². The van der Waals surface area contributed by atoms with Crippen molar-refractivity contribution in [1.82, 2.24) is 0 Å². The third-order valence-electron chi connectivity index (χ3n) is 2.01. The van der Waals surface area contributed by atoms with Crippen LogP contribution in [-0.4, -0.2) is 10.7 Å². The molecule has 1 saturated carbocycles. The van der Waals surface area contributed by atoms with E-state index in [1.807, 2.05) is 24.3 Å². The Morgan fingerprint density at radius 2 is 1.85 bits per heavy atom. The summed E-state index contributed by atoms with van der Waals surface area (Å²) in [5, 5.41) is 9.46. The molecule has 1 aliphatic rings. The van der Waals surface area contributed by atoms with Crippen LogP contribution in [0.25, 0.3) is 0 Å². The van der Waals surface area contributed by atoms with E-state index in [0.717, 1.165) is 22.9 Å². The van der Waals surface area contributed by atoms with Crippen molar-refractivity contribution in [1.29, 1.82) is 0 Å². The Morgan fingerprint density at radius 3 is 2.38 bits per heavy atom. The van der Waals surface area contributed by atoms with E-state index in [1.165, 1.54) is 0 Å². The first-order valence-electron chi connectivity index (χ1n) is 4.19. The SMILES string of the molecule is OC1(C#Cc2ccc(Br)cc2)CC1. The summed E-state index contributed by atoms with van der Waals surface area (Å²) in [5.74, 6) is 5.81. The molecule has 1 N–H and O–H groups in total. The zero-order chi connectivity index (χ0) is 9.31. The lowest BCUT2D eigenvalue weighted by atomic mass is 10.2. The molecule has 1 nitrogen and oxygen atoms in total. The van der Waals surface area contributed by atoms with Gasteiger partial charge < -0.3 is 5.11 Å². The van der Waals surface area contributed by atoms with E-state index in [2.05, 4.69) is 27.8 Å². The second-order valence-electron chi connectivity index (χ2n) is 3.29. The molecule has 66 valence electrons. The van der Waals surface area contributed by atoms with Crippen molar-refractivity contribution >= 4 is 15.9 Å². The van der Waals surface area contributed by atoms with E-state index < -0.39 is 5.60 Å². The summed E-state index contributed by atoms with van der Waals surface area (Å²) in [6.07, 6.45) is 1.63. The molecule has 2 rings (SSSR count). The van der Waals surface area contributed by atoms with Gasteiger partial charge in [0.1, 0.15) is 5.60 Å². The molecular formula is C11H9BrO. The number of benzene rings is 1. The average Bonchev–Trinajstić information content (AvgIpc) is 2.84. The Labute approximate surface area is 85.9 Å². The summed E-state index contributed by atoms with van der Waals surface area (Å²) in [4.78, 5) is 0. The lowest BCUT2D eigenvalue weighted by molar-refractivity contribution is 0.212. The highest BCUT2D eigenvalue weighted by Crippen LogP contribution is 2.33. The first-order chi connectivity index (χ1) is 6.18. The number of hydrogen-bond donors (Lipinski definition) is 1. The summed E-state index contributed by atoms with van der Waals surface area (Å²) in [5.41, 5.74) is 0.274. The number of halogens is 1. The van der Waals surface area contributed by atoms with Gasteiger partial charge in [-0.1, -0.05) is 27.8 Å². The van der Waals surface area contributed by atoms with E-state index in [1.54, 1.807) is 0 Å². The van der Waals surface area contributed by atoms with Gasteiger partial charge in [-0.2, -0.15) is 0 Å². The highest BCUT2D eigenvalue weighted by Gasteiger charge is 2.38. The lowest BCUT2D eigenvalue weighted by Gasteiger charge is -1.93. The Kier molecular flexibility index (Phi) is 2.15. The zero-order valence-electron chi connectivity index (χ0n) is 7.05. The average molecular weight is 237 g/mol. The molecule has 0 heterocycles. The van der Waals surface area contributed by atoms with Gasteiger partial charge in [-0.25, -0.2) is 0 Å². The van der Waals surface area contributed by atoms with Gasteiger partial charge >= 0.3 is 0 Å². The second kappa shape index (κ2) is 3.17. The lowest BCUT2D eigenvalue weighted by Crippen LogP contribution is -2.00. The first kappa shape index (κ1) is 8.80. The molecule has 1 fully saturated rings. The maximum absolute atomic E-state index is 9.46. The molecule has 1 aliphatic carbocycles. The monoisotopic (exact) mass is 236 g/mol. The molecule has 1 aromatic carbocycles. The van der Waals surface area contributed by atoms with Crippen LogP contribution in [-0.2, 0) is 0 Å². The normalized spacial score (nSPS) is 17.4. The Morgan fingerprint density at radius 1 is 1.23 bits per heavy atom. The topological polar surface area (TPSA) is 20.2 Å². The van der Waals surface area contributed by atoms with Gasteiger partial charge in [0.05, 0.1) is 0 Å². The van der Waals surface area contributed by atoms with Gasteiger partial charge in [-0.15, -0.1) is 0 Å². The van der Waals surface area contributed by atoms with Gasteiger partial charge in [-0.05, 0) is 37.1 Å². The summed E-state index contributed by atoms with van der Waals surface area (Å²) in [6.45, 7) is 0. The van der Waals surface area contributed by atoms with Gasteiger partial charge in [0, 0.05) is 10.0 Å². The fraction of sp³-hybridized carbons (Fsp3) is 0.273. The fourth-order valence-electron chi connectivity index (χ4n) is 0.965. The smallest absolute Gasteiger partial charge is 0.126 e. The van der Waals surface area contributed by atoms with Crippen LogP contribution >= 0.6 is 15.9 Å². The molecule has 0 radical (unpaired) electrons. The zero-order valence-corrected chi connectivity index (χ0v) is 8.63. The van der Waals surface area contributed by atoms with Crippen molar-refractivity contribution in [3.05, 3.63) is 34.3 Å². The Bertz CT molecular complexity index is 365. The van der Waals surface area contributed by atoms with Crippen molar-refractivity contribution in [3.63, 3.8) is 0 Å². The minimum atomic E-state index is -0.674. The first-order valence-corrected chi connectivity index (χ1v) is 4.98. The number of hydrogen-bond acceptors (Lipinski definition) is 1. The van der Waals surface area contributed by atoms with Crippen molar-refractivity contribution in [3.8, 4) is 11.8 Å². The van der Waals surface area contributed by atoms with Crippen LogP contribution in [0.5, 0.6) is 0 Å². The molecule has 0 spiro atoms. The van der Waals surface area contributed by atoms with Gasteiger partial charge in [0.25, 0.3) is 0 Å². The van der Waals surface area contributed by atoms with Crippen molar-refractivity contribution in [2.45, 2.75) is 18.4 Å².